The van der Waals surface area contributed by atoms with Gasteiger partial charge in [-0.25, -0.2) is 0 Å². The van der Waals surface area contributed by atoms with Crippen LogP contribution in [0.1, 0.15) is 76.2 Å². The molecule has 0 amide bonds. The van der Waals surface area contributed by atoms with Crippen molar-refractivity contribution in [3.8, 4) is 0 Å². The molecule has 3 heteroatoms. The second-order valence-electron chi connectivity index (χ2n) is 5.44. The molecule has 1 unspecified atom stereocenters. The van der Waals surface area contributed by atoms with Gasteiger partial charge in [-0.3, -0.25) is 0 Å². The van der Waals surface area contributed by atoms with E-state index in [1.165, 1.54) is 30.7 Å². The zero-order valence-electron chi connectivity index (χ0n) is 11.2. The molecule has 0 radical (unpaired) electrons. The van der Waals surface area contributed by atoms with Crippen molar-refractivity contribution < 1.29 is 0 Å². The predicted molar refractivity (Wildman–Crippen MR) is 71.2 cm³/mol. The molecule has 16 heavy (non-hydrogen) atoms. The zero-order chi connectivity index (χ0) is 12.2. The van der Waals surface area contributed by atoms with Crippen LogP contribution in [0.2, 0.25) is 0 Å². The second-order valence-corrected chi connectivity index (χ2v) is 6.45. The van der Waals surface area contributed by atoms with Crippen molar-refractivity contribution in [3.63, 3.8) is 0 Å². The monoisotopic (exact) mass is 240 g/mol. The van der Waals surface area contributed by atoms with Crippen molar-refractivity contribution in [2.75, 3.05) is 0 Å². The van der Waals surface area contributed by atoms with E-state index >= 15 is 0 Å². The largest absolute Gasteiger partial charge is 0.143 e. The van der Waals surface area contributed by atoms with E-state index in [0.29, 0.717) is 5.92 Å². The fourth-order valence-electron chi connectivity index (χ4n) is 1.66. The van der Waals surface area contributed by atoms with Crippen LogP contribution in [0.3, 0.4) is 0 Å². The van der Waals surface area contributed by atoms with E-state index < -0.39 is 0 Å². The average Bonchev–Trinajstić information content (AvgIpc) is 2.68. The van der Waals surface area contributed by atoms with E-state index in [0.717, 1.165) is 5.01 Å². The molecule has 0 fully saturated rings. The summed E-state index contributed by atoms with van der Waals surface area (Å²) in [5.74, 6) is 0.619. The molecule has 0 N–H and O–H groups in total. The van der Waals surface area contributed by atoms with Gasteiger partial charge in [-0.15, -0.1) is 21.5 Å². The van der Waals surface area contributed by atoms with Crippen molar-refractivity contribution in [2.24, 2.45) is 0 Å². The SMILES string of the molecule is CCCCC(CC)c1nnc(C(C)(C)C)s1. The summed E-state index contributed by atoms with van der Waals surface area (Å²) in [7, 11) is 0. The molecule has 1 aromatic heterocycles. The van der Waals surface area contributed by atoms with Gasteiger partial charge in [-0.2, -0.15) is 0 Å². The predicted octanol–water partition coefficient (Wildman–Crippen LogP) is 4.52. The molecule has 1 atom stereocenters. The number of hydrogen-bond acceptors (Lipinski definition) is 3. The Morgan fingerprint density at radius 1 is 1.19 bits per heavy atom. The normalized spacial score (nSPS) is 14.1. The second kappa shape index (κ2) is 5.76. The highest BCUT2D eigenvalue weighted by molar-refractivity contribution is 7.11. The van der Waals surface area contributed by atoms with Gasteiger partial charge in [0.2, 0.25) is 0 Å². The third-order valence-electron chi connectivity index (χ3n) is 2.83. The van der Waals surface area contributed by atoms with E-state index in [2.05, 4.69) is 44.8 Å². The molecule has 0 saturated carbocycles. The topological polar surface area (TPSA) is 25.8 Å². The maximum Gasteiger partial charge on any atom is 0.122 e. The van der Waals surface area contributed by atoms with E-state index in [1.54, 1.807) is 11.3 Å². The van der Waals surface area contributed by atoms with E-state index in [-0.39, 0.29) is 5.41 Å². The Kier molecular flexibility index (Phi) is 4.90. The van der Waals surface area contributed by atoms with Crippen LogP contribution in [0.5, 0.6) is 0 Å². The lowest BCUT2D eigenvalue weighted by atomic mass is 9.98. The first-order valence-electron chi connectivity index (χ1n) is 6.32. The summed E-state index contributed by atoms with van der Waals surface area (Å²) < 4.78 is 0. The summed E-state index contributed by atoms with van der Waals surface area (Å²) in [6.45, 7) is 11.1. The summed E-state index contributed by atoms with van der Waals surface area (Å²) in [6, 6.07) is 0. The van der Waals surface area contributed by atoms with E-state index in [4.69, 9.17) is 0 Å². The van der Waals surface area contributed by atoms with Gasteiger partial charge < -0.3 is 0 Å². The molecular weight excluding hydrogens is 216 g/mol. The first-order chi connectivity index (χ1) is 7.49. The maximum atomic E-state index is 4.38. The number of aromatic nitrogens is 2. The molecule has 0 spiro atoms. The molecule has 0 aliphatic rings. The first-order valence-corrected chi connectivity index (χ1v) is 7.14. The molecule has 0 bridgehead atoms. The minimum atomic E-state index is 0.138. The van der Waals surface area contributed by atoms with Crippen LogP contribution in [-0.2, 0) is 5.41 Å². The molecule has 0 aliphatic heterocycles. The Morgan fingerprint density at radius 3 is 2.31 bits per heavy atom. The quantitative estimate of drug-likeness (QED) is 0.756. The van der Waals surface area contributed by atoms with Gasteiger partial charge in [0.15, 0.2) is 0 Å². The lowest BCUT2D eigenvalue weighted by Gasteiger charge is -2.13. The van der Waals surface area contributed by atoms with Crippen molar-refractivity contribution in [2.45, 2.75) is 71.6 Å². The smallest absolute Gasteiger partial charge is 0.122 e. The van der Waals surface area contributed by atoms with Crippen LogP contribution in [0.15, 0.2) is 0 Å². The van der Waals surface area contributed by atoms with Gasteiger partial charge in [0.1, 0.15) is 10.0 Å². The Bertz CT molecular complexity index is 312. The molecule has 2 nitrogen and oxygen atoms in total. The molecule has 1 aromatic rings. The summed E-state index contributed by atoms with van der Waals surface area (Å²) in [5.41, 5.74) is 0.138. The average molecular weight is 240 g/mol. The molecule has 92 valence electrons. The summed E-state index contributed by atoms with van der Waals surface area (Å²) in [5, 5.41) is 11.1. The molecule has 0 aliphatic carbocycles. The van der Waals surface area contributed by atoms with Crippen LogP contribution < -0.4 is 0 Å². The summed E-state index contributed by atoms with van der Waals surface area (Å²) in [6.07, 6.45) is 4.99. The van der Waals surface area contributed by atoms with Gasteiger partial charge in [-0.1, -0.05) is 47.5 Å². The third kappa shape index (κ3) is 3.55. The van der Waals surface area contributed by atoms with Crippen molar-refractivity contribution in [1.82, 2.24) is 10.2 Å². The third-order valence-corrected chi connectivity index (χ3v) is 4.34. The fourth-order valence-corrected chi connectivity index (χ4v) is 2.77. The van der Waals surface area contributed by atoms with Gasteiger partial charge >= 0.3 is 0 Å². The zero-order valence-corrected chi connectivity index (χ0v) is 12.0. The summed E-state index contributed by atoms with van der Waals surface area (Å²) in [4.78, 5) is 0. The molecular formula is C13H24N2S. The maximum absolute atomic E-state index is 4.38. The highest BCUT2D eigenvalue weighted by atomic mass is 32.1. The van der Waals surface area contributed by atoms with Gasteiger partial charge in [0.25, 0.3) is 0 Å². The number of unbranched alkanes of at least 4 members (excludes halogenated alkanes) is 1. The van der Waals surface area contributed by atoms with Gasteiger partial charge in [0.05, 0.1) is 0 Å². The lowest BCUT2D eigenvalue weighted by Crippen LogP contribution is -2.10. The minimum absolute atomic E-state index is 0.138. The Morgan fingerprint density at radius 2 is 1.88 bits per heavy atom. The van der Waals surface area contributed by atoms with Crippen molar-refractivity contribution in [3.05, 3.63) is 10.0 Å². The highest BCUT2D eigenvalue weighted by Crippen LogP contribution is 2.32. The van der Waals surface area contributed by atoms with Gasteiger partial charge in [0, 0.05) is 11.3 Å². The van der Waals surface area contributed by atoms with Crippen LogP contribution in [0.25, 0.3) is 0 Å². The lowest BCUT2D eigenvalue weighted by molar-refractivity contribution is 0.557. The molecule has 1 heterocycles. The number of rotatable bonds is 5. The van der Waals surface area contributed by atoms with E-state index in [1.807, 2.05) is 0 Å². The van der Waals surface area contributed by atoms with Crippen molar-refractivity contribution >= 4 is 11.3 Å². The Hall–Kier alpha value is -0.440. The summed E-state index contributed by atoms with van der Waals surface area (Å²) >= 11 is 1.80. The highest BCUT2D eigenvalue weighted by Gasteiger charge is 2.22. The minimum Gasteiger partial charge on any atom is -0.143 e. The molecule has 0 saturated heterocycles. The molecule has 1 rings (SSSR count). The number of hydrogen-bond donors (Lipinski definition) is 0. The van der Waals surface area contributed by atoms with E-state index in [9.17, 15) is 0 Å². The van der Waals surface area contributed by atoms with Crippen LogP contribution >= 0.6 is 11.3 Å². The number of nitrogens with zero attached hydrogens (tertiary/aromatic N) is 2. The Labute approximate surface area is 103 Å². The van der Waals surface area contributed by atoms with Gasteiger partial charge in [-0.05, 0) is 12.8 Å². The van der Waals surface area contributed by atoms with Crippen LogP contribution in [0.4, 0.5) is 0 Å². The fraction of sp³-hybridized carbons (Fsp3) is 0.846. The first kappa shape index (κ1) is 13.6. The van der Waals surface area contributed by atoms with Crippen LogP contribution in [0, 0.1) is 0 Å². The van der Waals surface area contributed by atoms with Crippen molar-refractivity contribution in [1.29, 1.82) is 0 Å². The standard InChI is InChI=1S/C13H24N2S/c1-6-8-9-10(7-2)11-14-15-12(16-11)13(3,4)5/h10H,6-9H2,1-5H3. The Balaban J connectivity index is 2.75. The molecule has 0 aromatic carbocycles. The van der Waals surface area contributed by atoms with Crippen LogP contribution in [-0.4, -0.2) is 10.2 Å².